The van der Waals surface area contributed by atoms with Gasteiger partial charge in [-0.05, 0) is 17.9 Å². The van der Waals surface area contributed by atoms with Crippen LogP contribution < -0.4 is 22.3 Å². The Hall–Kier alpha value is -2.02. The van der Waals surface area contributed by atoms with Crippen LogP contribution in [0.3, 0.4) is 0 Å². The number of ether oxygens (including phenoxy) is 1. The lowest BCUT2D eigenvalue weighted by molar-refractivity contribution is -0.939. The van der Waals surface area contributed by atoms with Gasteiger partial charge in [0, 0.05) is 42.4 Å². The predicted octanol–water partition coefficient (Wildman–Crippen LogP) is -0.0440. The number of hydrogen-bond donors (Lipinski definition) is 2. The molecular formula is C24H29BrF2N4O4S. The fraction of sp³-hybridized carbons (Fsp3) is 0.583. The number of rotatable bonds is 7. The highest BCUT2D eigenvalue weighted by Crippen LogP contribution is 2.49. The molecule has 36 heavy (non-hydrogen) atoms. The Morgan fingerprint density at radius 3 is 2.58 bits per heavy atom. The number of quaternary nitrogens is 1. The normalized spacial score (nSPS) is 30.1. The van der Waals surface area contributed by atoms with E-state index in [9.17, 15) is 23.5 Å². The Morgan fingerprint density at radius 2 is 1.97 bits per heavy atom. The summed E-state index contributed by atoms with van der Waals surface area (Å²) in [6.45, 7) is 2.26. The Labute approximate surface area is 222 Å². The number of carbonyl (C=O) groups is 2. The van der Waals surface area contributed by atoms with Gasteiger partial charge in [-0.3, -0.25) is 4.79 Å². The van der Waals surface area contributed by atoms with E-state index in [4.69, 9.17) is 4.74 Å². The molecule has 0 aromatic carbocycles. The van der Waals surface area contributed by atoms with E-state index in [1.54, 1.807) is 17.5 Å². The van der Waals surface area contributed by atoms with E-state index < -0.39 is 35.9 Å². The number of piperidine rings is 3. The molecule has 4 aliphatic rings. The van der Waals surface area contributed by atoms with E-state index >= 15 is 0 Å². The number of amides is 1. The van der Waals surface area contributed by atoms with Crippen molar-refractivity contribution in [2.75, 3.05) is 31.5 Å². The molecule has 5 heterocycles. The number of carbonyl (C=O) groups excluding carboxylic acids is 2. The summed E-state index contributed by atoms with van der Waals surface area (Å²) in [4.78, 5) is 34.3. The zero-order valence-corrected chi connectivity index (χ0v) is 22.0. The van der Waals surface area contributed by atoms with E-state index in [1.165, 1.54) is 30.1 Å². The first-order chi connectivity index (χ1) is 16.7. The molecule has 2 aromatic rings. The predicted molar refractivity (Wildman–Crippen MR) is 123 cm³/mol. The average Bonchev–Trinajstić information content (AvgIpc) is 3.50. The quantitative estimate of drug-likeness (QED) is 0.349. The van der Waals surface area contributed by atoms with E-state index in [0.29, 0.717) is 21.6 Å². The molecule has 196 valence electrons. The van der Waals surface area contributed by atoms with Gasteiger partial charge in [0.05, 0.1) is 31.2 Å². The maximum absolute atomic E-state index is 14.0. The second-order valence-corrected chi connectivity index (χ2v) is 11.1. The first kappa shape index (κ1) is 27.0. The van der Waals surface area contributed by atoms with Crippen LogP contribution in [0, 0.1) is 11.8 Å². The lowest BCUT2D eigenvalue weighted by Crippen LogP contribution is -3.00. The number of esters is 1. The largest absolute Gasteiger partial charge is 1.00 e. The molecule has 6 rings (SSSR count). The number of aromatic nitrogens is 2. The molecule has 1 amide bonds. The fourth-order valence-electron chi connectivity index (χ4n) is 5.94. The van der Waals surface area contributed by atoms with Crippen molar-refractivity contribution in [2.24, 2.45) is 11.8 Å². The molecule has 3 atom stereocenters. The van der Waals surface area contributed by atoms with Gasteiger partial charge in [0.2, 0.25) is 5.92 Å². The highest BCUT2D eigenvalue weighted by molar-refractivity contribution is 7.10. The summed E-state index contributed by atoms with van der Waals surface area (Å²) < 4.78 is 34.5. The molecule has 3 saturated heterocycles. The summed E-state index contributed by atoms with van der Waals surface area (Å²) in [6.07, 6.45) is 4.68. The molecule has 1 saturated carbocycles. The van der Waals surface area contributed by atoms with Crippen LogP contribution in [-0.4, -0.2) is 69.6 Å². The van der Waals surface area contributed by atoms with Gasteiger partial charge in [-0.1, -0.05) is 6.07 Å². The number of halogens is 3. The highest BCUT2D eigenvalue weighted by Gasteiger charge is 2.57. The standard InChI is InChI=1S/C24H28F2N4O4S.BrH/c25-23(26)6-3-17(10-23)24(33,20-2-1-9-35-20)22(32)34-19-13-30(7-4-16(19)5-8-30)14-21(31)29-18-11-27-15-28-12-18;/h1-2,9,11-12,15-17,19,33H,3-8,10,13-14H2;1H/t16?,17?,19?,24-,30?;/m0./s1. The van der Waals surface area contributed by atoms with Gasteiger partial charge >= 0.3 is 5.97 Å². The Morgan fingerprint density at radius 1 is 1.25 bits per heavy atom. The van der Waals surface area contributed by atoms with Gasteiger partial charge in [-0.15, -0.1) is 11.3 Å². The molecular weight excluding hydrogens is 558 g/mol. The summed E-state index contributed by atoms with van der Waals surface area (Å²) in [7, 11) is 0. The number of alkyl halides is 2. The van der Waals surface area contributed by atoms with Gasteiger partial charge in [-0.25, -0.2) is 23.5 Å². The molecule has 2 unspecified atom stereocenters. The molecule has 0 spiro atoms. The smallest absolute Gasteiger partial charge is 0.344 e. The van der Waals surface area contributed by atoms with Gasteiger partial charge in [0.1, 0.15) is 12.9 Å². The fourth-order valence-corrected chi connectivity index (χ4v) is 6.83. The molecule has 2 bridgehead atoms. The molecule has 2 N–H and O–H groups in total. The monoisotopic (exact) mass is 586 g/mol. The van der Waals surface area contributed by atoms with Gasteiger partial charge < -0.3 is 36.6 Å². The third kappa shape index (κ3) is 5.32. The SMILES string of the molecule is O=C(C[N+]12CCC(CC1)C(OC(=O)[C@@](O)(c1cccs1)C1CCC(F)(F)C1)C2)Nc1cncnc1.[Br-]. The van der Waals surface area contributed by atoms with E-state index in [2.05, 4.69) is 15.3 Å². The van der Waals surface area contributed by atoms with Crippen LogP contribution in [0.15, 0.2) is 36.2 Å². The maximum Gasteiger partial charge on any atom is 0.344 e. The summed E-state index contributed by atoms with van der Waals surface area (Å²) in [5.41, 5.74) is -1.59. The minimum Gasteiger partial charge on any atom is -1.00 e. The van der Waals surface area contributed by atoms with Gasteiger partial charge in [-0.2, -0.15) is 0 Å². The van der Waals surface area contributed by atoms with Crippen molar-refractivity contribution >= 4 is 28.9 Å². The van der Waals surface area contributed by atoms with Crippen LogP contribution in [0.1, 0.15) is 37.0 Å². The maximum atomic E-state index is 14.0. The molecule has 0 radical (unpaired) electrons. The third-order valence-electron chi connectivity index (χ3n) is 7.83. The van der Waals surface area contributed by atoms with Crippen molar-refractivity contribution in [1.29, 1.82) is 0 Å². The van der Waals surface area contributed by atoms with Crippen LogP contribution in [0.25, 0.3) is 0 Å². The molecule has 8 nitrogen and oxygen atoms in total. The number of fused-ring (bicyclic) bond motifs is 3. The van der Waals surface area contributed by atoms with E-state index in [0.717, 1.165) is 25.9 Å². The van der Waals surface area contributed by atoms with Crippen LogP contribution in [0.2, 0.25) is 0 Å². The van der Waals surface area contributed by atoms with E-state index in [-0.39, 0.29) is 48.2 Å². The first-order valence-corrected chi connectivity index (χ1v) is 12.8. The zero-order chi connectivity index (χ0) is 24.7. The summed E-state index contributed by atoms with van der Waals surface area (Å²) in [6, 6.07) is 3.29. The lowest BCUT2D eigenvalue weighted by atomic mass is 9.82. The van der Waals surface area contributed by atoms with Gasteiger partial charge in [0.15, 0.2) is 18.2 Å². The summed E-state index contributed by atoms with van der Waals surface area (Å²) >= 11 is 1.17. The minimum absolute atomic E-state index is 0. The van der Waals surface area contributed by atoms with Crippen molar-refractivity contribution in [3.05, 3.63) is 41.1 Å². The highest BCUT2D eigenvalue weighted by atomic mass is 79.9. The second kappa shape index (κ2) is 10.4. The number of nitrogens with one attached hydrogen (secondary N) is 1. The Bertz CT molecular complexity index is 1070. The first-order valence-electron chi connectivity index (χ1n) is 11.9. The number of hydrogen-bond acceptors (Lipinski definition) is 7. The number of nitrogens with zero attached hydrogens (tertiary/aromatic N) is 3. The number of aliphatic hydroxyl groups is 1. The lowest BCUT2D eigenvalue weighted by Gasteiger charge is -2.51. The topological polar surface area (TPSA) is 101 Å². The van der Waals surface area contributed by atoms with Crippen molar-refractivity contribution in [3.63, 3.8) is 0 Å². The van der Waals surface area contributed by atoms with E-state index in [1.807, 2.05) is 0 Å². The van der Waals surface area contributed by atoms with Crippen LogP contribution in [0.4, 0.5) is 14.5 Å². The number of anilines is 1. The third-order valence-corrected chi connectivity index (χ3v) is 8.82. The van der Waals surface area contributed by atoms with Crippen LogP contribution in [-0.2, 0) is 19.9 Å². The second-order valence-electron chi connectivity index (χ2n) is 10.1. The molecule has 4 fully saturated rings. The van der Waals surface area contributed by atoms with Crippen molar-refractivity contribution < 1.29 is 49.7 Å². The zero-order valence-electron chi connectivity index (χ0n) is 19.6. The molecule has 12 heteroatoms. The Balaban J connectivity index is 0.00000304. The summed E-state index contributed by atoms with van der Waals surface area (Å²) in [5, 5.41) is 16.1. The van der Waals surface area contributed by atoms with Crippen molar-refractivity contribution in [3.8, 4) is 0 Å². The molecule has 3 aliphatic heterocycles. The molecule has 1 aliphatic carbocycles. The average molecular weight is 587 g/mol. The van der Waals surface area contributed by atoms with Crippen LogP contribution in [0.5, 0.6) is 0 Å². The van der Waals surface area contributed by atoms with Crippen LogP contribution >= 0.6 is 11.3 Å². The minimum atomic E-state index is -2.90. The van der Waals surface area contributed by atoms with Crippen molar-refractivity contribution in [2.45, 2.75) is 49.7 Å². The molecule has 2 aromatic heterocycles. The number of thiophene rings is 1. The Kier molecular flexibility index (Phi) is 7.80. The summed E-state index contributed by atoms with van der Waals surface area (Å²) in [5.74, 6) is -4.72. The van der Waals surface area contributed by atoms with Gasteiger partial charge in [0.25, 0.3) is 5.91 Å². The van der Waals surface area contributed by atoms with Crippen molar-refractivity contribution in [1.82, 2.24) is 9.97 Å².